The average Bonchev–Trinajstić information content (AvgIpc) is 2.87. The number of hydrogen-bond acceptors (Lipinski definition) is 4. The summed E-state index contributed by atoms with van der Waals surface area (Å²) in [7, 11) is 2.03. The van der Waals surface area contributed by atoms with Gasteiger partial charge in [0.15, 0.2) is 5.82 Å². The molecule has 5 heteroatoms. The lowest BCUT2D eigenvalue weighted by atomic mass is 9.86. The van der Waals surface area contributed by atoms with Gasteiger partial charge >= 0.3 is 0 Å². The van der Waals surface area contributed by atoms with Crippen molar-refractivity contribution in [3.63, 3.8) is 0 Å². The van der Waals surface area contributed by atoms with Gasteiger partial charge in [0.05, 0.1) is 0 Å². The van der Waals surface area contributed by atoms with Crippen LogP contribution < -0.4 is 10.5 Å². The Kier molecular flexibility index (Phi) is 4.43. The maximum atomic E-state index is 5.98. The molecule has 0 unspecified atom stereocenters. The van der Waals surface area contributed by atoms with E-state index >= 15 is 0 Å². The molecule has 0 saturated heterocycles. The van der Waals surface area contributed by atoms with Crippen LogP contribution >= 0.6 is 0 Å². The van der Waals surface area contributed by atoms with E-state index < -0.39 is 0 Å². The molecule has 118 valence electrons. The molecule has 1 aromatic carbocycles. The summed E-state index contributed by atoms with van der Waals surface area (Å²) in [5, 5.41) is 8.69. The minimum atomic E-state index is 0.355. The van der Waals surface area contributed by atoms with Gasteiger partial charge in [-0.3, -0.25) is 0 Å². The van der Waals surface area contributed by atoms with Crippen molar-refractivity contribution in [2.75, 3.05) is 0 Å². The van der Waals surface area contributed by atoms with Gasteiger partial charge in [-0.1, -0.05) is 12.1 Å². The Morgan fingerprint density at radius 3 is 2.73 bits per heavy atom. The second-order valence-corrected chi connectivity index (χ2v) is 6.25. The van der Waals surface area contributed by atoms with Crippen LogP contribution in [-0.2, 0) is 13.7 Å². The van der Waals surface area contributed by atoms with Gasteiger partial charge in [-0.05, 0) is 50.3 Å². The summed E-state index contributed by atoms with van der Waals surface area (Å²) < 4.78 is 7.91. The maximum Gasteiger partial charge on any atom is 0.170 e. The van der Waals surface area contributed by atoms with Gasteiger partial charge in [-0.2, -0.15) is 0 Å². The SMILES string of the molecule is Cc1cccc(OCc2nnc(C3CCC(N)CC3)n2C)c1. The lowest BCUT2D eigenvalue weighted by molar-refractivity contribution is 0.289. The number of nitrogens with zero attached hydrogens (tertiary/aromatic N) is 3. The normalized spacial score (nSPS) is 21.8. The van der Waals surface area contributed by atoms with Crippen molar-refractivity contribution in [2.45, 2.75) is 51.2 Å². The Morgan fingerprint density at radius 2 is 2.00 bits per heavy atom. The smallest absolute Gasteiger partial charge is 0.170 e. The first-order chi connectivity index (χ1) is 10.6. The van der Waals surface area contributed by atoms with E-state index in [0.29, 0.717) is 18.6 Å². The summed E-state index contributed by atoms with van der Waals surface area (Å²) in [6.07, 6.45) is 4.36. The van der Waals surface area contributed by atoms with E-state index in [0.717, 1.165) is 43.1 Å². The predicted molar refractivity (Wildman–Crippen MR) is 85.7 cm³/mol. The molecular weight excluding hydrogens is 276 g/mol. The topological polar surface area (TPSA) is 66.0 Å². The number of aryl methyl sites for hydroxylation is 1. The summed E-state index contributed by atoms with van der Waals surface area (Å²) in [5.41, 5.74) is 7.17. The molecule has 2 N–H and O–H groups in total. The Bertz CT molecular complexity index is 629. The molecule has 0 aliphatic heterocycles. The largest absolute Gasteiger partial charge is 0.486 e. The van der Waals surface area contributed by atoms with Crippen LogP contribution in [0.2, 0.25) is 0 Å². The molecule has 1 heterocycles. The Labute approximate surface area is 131 Å². The van der Waals surface area contributed by atoms with Crippen molar-refractivity contribution in [1.29, 1.82) is 0 Å². The third-order valence-electron chi connectivity index (χ3n) is 4.49. The minimum absolute atomic E-state index is 0.355. The van der Waals surface area contributed by atoms with Crippen molar-refractivity contribution in [1.82, 2.24) is 14.8 Å². The highest BCUT2D eigenvalue weighted by molar-refractivity contribution is 5.27. The number of benzene rings is 1. The summed E-state index contributed by atoms with van der Waals surface area (Å²) in [6, 6.07) is 8.40. The van der Waals surface area contributed by atoms with Gasteiger partial charge < -0.3 is 15.0 Å². The first-order valence-corrected chi connectivity index (χ1v) is 7.96. The molecule has 0 radical (unpaired) electrons. The van der Waals surface area contributed by atoms with Crippen molar-refractivity contribution in [2.24, 2.45) is 12.8 Å². The molecule has 0 spiro atoms. The fourth-order valence-corrected chi connectivity index (χ4v) is 3.09. The second kappa shape index (κ2) is 6.48. The highest BCUT2D eigenvalue weighted by Gasteiger charge is 2.24. The number of hydrogen-bond donors (Lipinski definition) is 1. The summed E-state index contributed by atoms with van der Waals surface area (Å²) in [5.74, 6) is 3.28. The van der Waals surface area contributed by atoms with E-state index in [4.69, 9.17) is 10.5 Å². The molecule has 0 atom stereocenters. The van der Waals surface area contributed by atoms with Crippen LogP contribution in [0.5, 0.6) is 5.75 Å². The van der Waals surface area contributed by atoms with Gasteiger partial charge in [0, 0.05) is 19.0 Å². The van der Waals surface area contributed by atoms with E-state index in [-0.39, 0.29) is 0 Å². The van der Waals surface area contributed by atoms with E-state index in [1.165, 1.54) is 5.56 Å². The van der Waals surface area contributed by atoms with Crippen LogP contribution in [0.25, 0.3) is 0 Å². The zero-order chi connectivity index (χ0) is 15.5. The summed E-state index contributed by atoms with van der Waals surface area (Å²) >= 11 is 0. The number of nitrogens with two attached hydrogens (primary N) is 1. The molecule has 22 heavy (non-hydrogen) atoms. The number of aromatic nitrogens is 3. The van der Waals surface area contributed by atoms with Crippen LogP contribution in [0.4, 0.5) is 0 Å². The first kappa shape index (κ1) is 15.0. The van der Waals surface area contributed by atoms with Crippen molar-refractivity contribution < 1.29 is 4.74 Å². The van der Waals surface area contributed by atoms with Gasteiger partial charge in [-0.25, -0.2) is 0 Å². The zero-order valence-corrected chi connectivity index (χ0v) is 13.3. The first-order valence-electron chi connectivity index (χ1n) is 7.96. The highest BCUT2D eigenvalue weighted by Crippen LogP contribution is 2.31. The molecule has 0 amide bonds. The fraction of sp³-hybridized carbons (Fsp3) is 0.529. The number of rotatable bonds is 4. The lowest BCUT2D eigenvalue weighted by Crippen LogP contribution is -2.26. The van der Waals surface area contributed by atoms with Crippen LogP contribution in [0.1, 0.15) is 48.8 Å². The maximum absolute atomic E-state index is 5.98. The third-order valence-corrected chi connectivity index (χ3v) is 4.49. The van der Waals surface area contributed by atoms with Crippen molar-refractivity contribution in [3.05, 3.63) is 41.5 Å². The zero-order valence-electron chi connectivity index (χ0n) is 13.3. The average molecular weight is 300 g/mol. The molecular formula is C17H24N4O. The van der Waals surface area contributed by atoms with Crippen molar-refractivity contribution in [3.8, 4) is 5.75 Å². The number of ether oxygens (including phenoxy) is 1. The lowest BCUT2D eigenvalue weighted by Gasteiger charge is -2.25. The Hall–Kier alpha value is -1.88. The van der Waals surface area contributed by atoms with Crippen molar-refractivity contribution >= 4 is 0 Å². The van der Waals surface area contributed by atoms with E-state index in [2.05, 4.69) is 27.8 Å². The van der Waals surface area contributed by atoms with Crippen LogP contribution in [-0.4, -0.2) is 20.8 Å². The second-order valence-electron chi connectivity index (χ2n) is 6.25. The molecule has 1 saturated carbocycles. The van der Waals surface area contributed by atoms with E-state index in [1.807, 2.05) is 25.2 Å². The Balaban J connectivity index is 1.66. The van der Waals surface area contributed by atoms with Gasteiger partial charge in [0.25, 0.3) is 0 Å². The molecule has 1 aliphatic carbocycles. The minimum Gasteiger partial charge on any atom is -0.486 e. The quantitative estimate of drug-likeness (QED) is 0.942. The molecule has 0 bridgehead atoms. The molecule has 3 rings (SSSR count). The van der Waals surface area contributed by atoms with E-state index in [9.17, 15) is 0 Å². The molecule has 1 aliphatic rings. The molecule has 1 fully saturated rings. The van der Waals surface area contributed by atoms with Gasteiger partial charge in [0.1, 0.15) is 18.2 Å². The summed E-state index contributed by atoms with van der Waals surface area (Å²) in [6.45, 7) is 2.50. The van der Waals surface area contributed by atoms with Gasteiger partial charge in [-0.15, -0.1) is 10.2 Å². The predicted octanol–water partition coefficient (Wildman–Crippen LogP) is 2.69. The Morgan fingerprint density at radius 1 is 1.23 bits per heavy atom. The van der Waals surface area contributed by atoms with Crippen LogP contribution in [0.3, 0.4) is 0 Å². The fourth-order valence-electron chi connectivity index (χ4n) is 3.09. The highest BCUT2D eigenvalue weighted by atomic mass is 16.5. The van der Waals surface area contributed by atoms with Crippen LogP contribution in [0, 0.1) is 6.92 Å². The molecule has 5 nitrogen and oxygen atoms in total. The van der Waals surface area contributed by atoms with Crippen LogP contribution in [0.15, 0.2) is 24.3 Å². The van der Waals surface area contributed by atoms with Gasteiger partial charge in [0.2, 0.25) is 0 Å². The standard InChI is InChI=1S/C17H24N4O/c1-12-4-3-5-15(10-12)22-11-16-19-20-17(21(16)2)13-6-8-14(18)9-7-13/h3-5,10,13-14H,6-9,11,18H2,1-2H3. The molecule has 2 aromatic rings. The molecule has 1 aromatic heterocycles. The monoisotopic (exact) mass is 300 g/mol. The third kappa shape index (κ3) is 3.30. The summed E-state index contributed by atoms with van der Waals surface area (Å²) in [4.78, 5) is 0. The van der Waals surface area contributed by atoms with E-state index in [1.54, 1.807) is 0 Å².